The van der Waals surface area contributed by atoms with Crippen molar-refractivity contribution in [3.8, 4) is 0 Å². The van der Waals surface area contributed by atoms with Gasteiger partial charge in [-0.05, 0) is 29.9 Å². The highest BCUT2D eigenvalue weighted by Crippen LogP contribution is 2.22. The van der Waals surface area contributed by atoms with Crippen molar-refractivity contribution < 1.29 is 4.79 Å². The van der Waals surface area contributed by atoms with E-state index in [1.807, 2.05) is 23.1 Å². The summed E-state index contributed by atoms with van der Waals surface area (Å²) in [4.78, 5) is 14.1. The van der Waals surface area contributed by atoms with E-state index in [4.69, 9.17) is 5.73 Å². The van der Waals surface area contributed by atoms with Gasteiger partial charge in [0.1, 0.15) is 0 Å². The molecule has 0 spiro atoms. The lowest BCUT2D eigenvalue weighted by atomic mass is 9.98. The number of carbonyl (C=O) groups is 1. The summed E-state index contributed by atoms with van der Waals surface area (Å²) < 4.78 is 0. The van der Waals surface area contributed by atoms with Crippen LogP contribution in [-0.2, 0) is 4.79 Å². The van der Waals surface area contributed by atoms with E-state index < -0.39 is 0 Å². The van der Waals surface area contributed by atoms with Gasteiger partial charge in [-0.1, -0.05) is 50.3 Å². The first-order valence-corrected chi connectivity index (χ1v) is 7.36. The lowest BCUT2D eigenvalue weighted by Gasteiger charge is -2.29. The van der Waals surface area contributed by atoms with Crippen LogP contribution in [-0.4, -0.2) is 29.9 Å². The average molecular weight is 272 g/mol. The van der Waals surface area contributed by atoms with Gasteiger partial charge in [0.05, 0.1) is 6.04 Å². The van der Waals surface area contributed by atoms with Gasteiger partial charge < -0.3 is 10.6 Å². The van der Waals surface area contributed by atoms with Crippen LogP contribution in [0.2, 0.25) is 0 Å². The summed E-state index contributed by atoms with van der Waals surface area (Å²) in [7, 11) is 0. The predicted molar refractivity (Wildman–Crippen MR) is 83.0 cm³/mol. The van der Waals surface area contributed by atoms with E-state index in [0.717, 1.165) is 19.4 Å². The van der Waals surface area contributed by atoms with Crippen LogP contribution < -0.4 is 5.73 Å². The molecule has 0 bridgehead atoms. The van der Waals surface area contributed by atoms with Crippen LogP contribution in [0.15, 0.2) is 36.4 Å². The quantitative estimate of drug-likeness (QED) is 0.916. The molecule has 1 atom stereocenters. The second-order valence-corrected chi connectivity index (χ2v) is 5.87. The van der Waals surface area contributed by atoms with E-state index in [-0.39, 0.29) is 11.9 Å². The molecule has 20 heavy (non-hydrogen) atoms. The largest absolute Gasteiger partial charge is 0.337 e. The lowest BCUT2D eigenvalue weighted by Crippen LogP contribution is -2.45. The smallest absolute Gasteiger partial charge is 0.239 e. The molecule has 1 aromatic rings. The van der Waals surface area contributed by atoms with Crippen LogP contribution in [0.4, 0.5) is 0 Å². The Hall–Kier alpha value is -1.61. The predicted octanol–water partition coefficient (Wildman–Crippen LogP) is 2.68. The van der Waals surface area contributed by atoms with Crippen molar-refractivity contribution in [1.82, 2.24) is 4.90 Å². The fourth-order valence-corrected chi connectivity index (χ4v) is 2.63. The van der Waals surface area contributed by atoms with Crippen LogP contribution in [0.5, 0.6) is 0 Å². The van der Waals surface area contributed by atoms with Crippen molar-refractivity contribution in [3.05, 3.63) is 42.0 Å². The SMILES string of the molecule is CC(C)C[C@H](N)C(=O)N1CC=C(c2ccccc2)CC1. The van der Waals surface area contributed by atoms with Crippen molar-refractivity contribution in [2.24, 2.45) is 11.7 Å². The van der Waals surface area contributed by atoms with Gasteiger partial charge in [0.2, 0.25) is 5.91 Å². The Bertz CT molecular complexity index is 479. The summed E-state index contributed by atoms with van der Waals surface area (Å²) in [5.74, 6) is 0.538. The second-order valence-electron chi connectivity index (χ2n) is 5.87. The Morgan fingerprint density at radius 2 is 2.00 bits per heavy atom. The van der Waals surface area contributed by atoms with Gasteiger partial charge in [-0.25, -0.2) is 0 Å². The topological polar surface area (TPSA) is 46.3 Å². The Morgan fingerprint density at radius 1 is 1.30 bits per heavy atom. The molecule has 0 radical (unpaired) electrons. The monoisotopic (exact) mass is 272 g/mol. The van der Waals surface area contributed by atoms with Crippen LogP contribution in [0, 0.1) is 5.92 Å². The van der Waals surface area contributed by atoms with E-state index >= 15 is 0 Å². The zero-order valence-corrected chi connectivity index (χ0v) is 12.4. The van der Waals surface area contributed by atoms with E-state index in [2.05, 4.69) is 32.1 Å². The van der Waals surface area contributed by atoms with Crippen LogP contribution in [0.3, 0.4) is 0 Å². The number of hydrogen-bond acceptors (Lipinski definition) is 2. The Labute approximate surface area is 121 Å². The molecule has 0 aliphatic carbocycles. The molecule has 2 rings (SSSR count). The summed E-state index contributed by atoms with van der Waals surface area (Å²) in [6.45, 7) is 5.63. The zero-order valence-electron chi connectivity index (χ0n) is 12.4. The van der Waals surface area contributed by atoms with Crippen LogP contribution in [0.25, 0.3) is 5.57 Å². The van der Waals surface area contributed by atoms with Gasteiger partial charge in [-0.2, -0.15) is 0 Å². The zero-order chi connectivity index (χ0) is 14.5. The molecule has 1 aromatic carbocycles. The van der Waals surface area contributed by atoms with Gasteiger partial charge in [0.15, 0.2) is 0 Å². The molecule has 3 heteroatoms. The van der Waals surface area contributed by atoms with E-state index in [0.29, 0.717) is 12.5 Å². The van der Waals surface area contributed by atoms with Gasteiger partial charge >= 0.3 is 0 Å². The third-order valence-electron chi connectivity index (χ3n) is 3.71. The fraction of sp³-hybridized carbons (Fsp3) is 0.471. The third kappa shape index (κ3) is 3.70. The first kappa shape index (κ1) is 14.8. The van der Waals surface area contributed by atoms with Crippen molar-refractivity contribution in [3.63, 3.8) is 0 Å². The number of nitrogens with zero attached hydrogens (tertiary/aromatic N) is 1. The maximum Gasteiger partial charge on any atom is 0.239 e. The number of nitrogens with two attached hydrogens (primary N) is 1. The molecule has 0 fully saturated rings. The van der Waals surface area contributed by atoms with Gasteiger partial charge in [-0.15, -0.1) is 0 Å². The molecular weight excluding hydrogens is 248 g/mol. The van der Waals surface area contributed by atoms with Crippen molar-refractivity contribution >= 4 is 11.5 Å². The molecule has 3 nitrogen and oxygen atoms in total. The molecule has 0 aromatic heterocycles. The summed E-state index contributed by atoms with van der Waals surface area (Å²) in [5.41, 5.74) is 8.56. The average Bonchev–Trinajstić information content (AvgIpc) is 2.47. The minimum atomic E-state index is -0.360. The summed E-state index contributed by atoms with van der Waals surface area (Å²) >= 11 is 0. The van der Waals surface area contributed by atoms with Gasteiger partial charge in [-0.3, -0.25) is 4.79 Å². The van der Waals surface area contributed by atoms with Crippen molar-refractivity contribution in [2.45, 2.75) is 32.7 Å². The highest BCUT2D eigenvalue weighted by molar-refractivity contribution is 5.83. The highest BCUT2D eigenvalue weighted by Gasteiger charge is 2.23. The minimum Gasteiger partial charge on any atom is -0.337 e. The maximum atomic E-state index is 12.2. The van der Waals surface area contributed by atoms with E-state index in [1.165, 1.54) is 11.1 Å². The Morgan fingerprint density at radius 3 is 2.55 bits per heavy atom. The second kappa shape index (κ2) is 6.71. The molecule has 2 N–H and O–H groups in total. The molecule has 0 unspecified atom stereocenters. The molecule has 0 saturated carbocycles. The number of carbonyl (C=O) groups excluding carboxylic acids is 1. The maximum absolute atomic E-state index is 12.2. The van der Waals surface area contributed by atoms with E-state index in [9.17, 15) is 4.79 Å². The summed E-state index contributed by atoms with van der Waals surface area (Å²) in [6.07, 6.45) is 3.81. The van der Waals surface area contributed by atoms with E-state index in [1.54, 1.807) is 0 Å². The third-order valence-corrected chi connectivity index (χ3v) is 3.71. The Kier molecular flexibility index (Phi) is 4.96. The molecule has 0 saturated heterocycles. The van der Waals surface area contributed by atoms with Gasteiger partial charge in [0, 0.05) is 13.1 Å². The lowest BCUT2D eigenvalue weighted by molar-refractivity contribution is -0.132. The summed E-state index contributed by atoms with van der Waals surface area (Å²) in [5, 5.41) is 0. The number of rotatable bonds is 4. The highest BCUT2D eigenvalue weighted by atomic mass is 16.2. The first-order valence-electron chi connectivity index (χ1n) is 7.36. The molecule has 108 valence electrons. The Balaban J connectivity index is 1.96. The number of amides is 1. The summed E-state index contributed by atoms with van der Waals surface area (Å²) in [6, 6.07) is 10.00. The van der Waals surface area contributed by atoms with Crippen molar-refractivity contribution in [2.75, 3.05) is 13.1 Å². The van der Waals surface area contributed by atoms with Gasteiger partial charge in [0.25, 0.3) is 0 Å². The molecule has 1 aliphatic rings. The minimum absolute atomic E-state index is 0.0852. The normalized spacial score (nSPS) is 17.0. The van der Waals surface area contributed by atoms with Crippen LogP contribution in [0.1, 0.15) is 32.3 Å². The fourth-order valence-electron chi connectivity index (χ4n) is 2.63. The van der Waals surface area contributed by atoms with Crippen molar-refractivity contribution in [1.29, 1.82) is 0 Å². The molecule has 1 heterocycles. The molecule has 1 aliphatic heterocycles. The van der Waals surface area contributed by atoms with Crippen LogP contribution >= 0.6 is 0 Å². The molecule has 1 amide bonds. The molecular formula is C17H24N2O. The number of benzene rings is 1. The number of hydrogen-bond donors (Lipinski definition) is 1. The standard InChI is InChI=1S/C17H24N2O/c1-13(2)12-16(18)17(20)19-10-8-15(9-11-19)14-6-4-3-5-7-14/h3-8,13,16H,9-12,18H2,1-2H3/t16-/m0/s1. The first-order chi connectivity index (χ1) is 9.58.